The smallest absolute Gasteiger partial charge is 0.258 e. The molecule has 1 heterocycles. The summed E-state index contributed by atoms with van der Waals surface area (Å²) in [6.45, 7) is 1.94. The zero-order valence-corrected chi connectivity index (χ0v) is 15.0. The summed E-state index contributed by atoms with van der Waals surface area (Å²) in [4.78, 5) is 16.3. The highest BCUT2D eigenvalue weighted by molar-refractivity contribution is 6.04. The Morgan fingerprint density at radius 2 is 1.82 bits per heavy atom. The van der Waals surface area contributed by atoms with E-state index in [-0.39, 0.29) is 5.69 Å². The molecule has 0 saturated heterocycles. The first-order valence-electron chi connectivity index (χ1n) is 8.21. The summed E-state index contributed by atoms with van der Waals surface area (Å²) < 4.78 is 45.3. The van der Waals surface area contributed by atoms with Gasteiger partial charge in [0.15, 0.2) is 17.5 Å². The quantitative estimate of drug-likeness (QED) is 0.617. The predicted octanol–water partition coefficient (Wildman–Crippen LogP) is 4.81. The largest absolute Gasteiger partial charge is 0.495 e. The second kappa shape index (κ2) is 7.99. The number of aromatic nitrogens is 1. The Morgan fingerprint density at radius 1 is 1.04 bits per heavy atom. The molecular formula is C20H16F3N3O2. The number of aryl methyl sites for hydroxylation is 1. The molecular weight excluding hydrogens is 371 g/mol. The molecule has 8 heteroatoms. The summed E-state index contributed by atoms with van der Waals surface area (Å²) in [5.74, 6) is -4.40. The van der Waals surface area contributed by atoms with Crippen LogP contribution in [0.3, 0.4) is 0 Å². The molecule has 0 atom stereocenters. The average molecular weight is 387 g/mol. The minimum Gasteiger partial charge on any atom is -0.495 e. The minimum atomic E-state index is -1.70. The van der Waals surface area contributed by atoms with E-state index in [9.17, 15) is 18.0 Å². The number of amides is 1. The van der Waals surface area contributed by atoms with Crippen LogP contribution in [0.4, 0.5) is 30.4 Å². The molecule has 28 heavy (non-hydrogen) atoms. The van der Waals surface area contributed by atoms with Gasteiger partial charge in [0, 0.05) is 0 Å². The van der Waals surface area contributed by atoms with Gasteiger partial charge < -0.3 is 15.4 Å². The highest BCUT2D eigenvalue weighted by Gasteiger charge is 2.19. The van der Waals surface area contributed by atoms with Crippen molar-refractivity contribution in [2.24, 2.45) is 0 Å². The third-order valence-electron chi connectivity index (χ3n) is 3.92. The lowest BCUT2D eigenvalue weighted by molar-refractivity contribution is 0.102. The predicted molar refractivity (Wildman–Crippen MR) is 99.5 cm³/mol. The van der Waals surface area contributed by atoms with E-state index in [1.165, 1.54) is 12.3 Å². The van der Waals surface area contributed by atoms with Gasteiger partial charge >= 0.3 is 0 Å². The monoisotopic (exact) mass is 387 g/mol. The van der Waals surface area contributed by atoms with Crippen LogP contribution in [0.15, 0.2) is 48.7 Å². The molecule has 0 unspecified atom stereocenters. The molecule has 2 aromatic carbocycles. The Morgan fingerprint density at radius 3 is 2.50 bits per heavy atom. The van der Waals surface area contributed by atoms with E-state index in [1.54, 1.807) is 13.2 Å². The molecule has 1 amide bonds. The lowest BCUT2D eigenvalue weighted by atomic mass is 10.2. The van der Waals surface area contributed by atoms with Crippen LogP contribution >= 0.6 is 0 Å². The van der Waals surface area contributed by atoms with E-state index in [0.29, 0.717) is 17.6 Å². The van der Waals surface area contributed by atoms with Crippen molar-refractivity contribution >= 4 is 23.1 Å². The number of methoxy groups -OCH3 is 1. The van der Waals surface area contributed by atoms with Crippen molar-refractivity contribution in [3.8, 4) is 5.75 Å². The Hall–Kier alpha value is -3.55. The van der Waals surface area contributed by atoms with Crippen LogP contribution in [0.25, 0.3) is 0 Å². The number of hydrogen-bond donors (Lipinski definition) is 2. The number of halogens is 3. The fourth-order valence-electron chi connectivity index (χ4n) is 2.50. The van der Waals surface area contributed by atoms with E-state index >= 15 is 0 Å². The first-order chi connectivity index (χ1) is 13.4. The number of nitrogens with zero attached hydrogens (tertiary/aromatic N) is 1. The number of hydrogen-bond acceptors (Lipinski definition) is 4. The molecule has 0 aliphatic heterocycles. The molecule has 0 saturated carbocycles. The van der Waals surface area contributed by atoms with Crippen molar-refractivity contribution in [1.82, 2.24) is 4.98 Å². The van der Waals surface area contributed by atoms with E-state index in [0.717, 1.165) is 17.3 Å². The third-order valence-corrected chi connectivity index (χ3v) is 3.92. The number of nitrogens with one attached hydrogen (secondary N) is 2. The van der Waals surface area contributed by atoms with Crippen LogP contribution in [0.2, 0.25) is 0 Å². The fraction of sp³-hybridized carbons (Fsp3) is 0.100. The molecule has 0 spiro atoms. The third kappa shape index (κ3) is 4.06. The summed E-state index contributed by atoms with van der Waals surface area (Å²) in [5, 5.41) is 5.48. The lowest BCUT2D eigenvalue weighted by Crippen LogP contribution is -2.15. The van der Waals surface area contributed by atoms with Crippen molar-refractivity contribution in [2.75, 3.05) is 17.7 Å². The second-order valence-electron chi connectivity index (χ2n) is 5.94. The van der Waals surface area contributed by atoms with Gasteiger partial charge in [0.2, 0.25) is 0 Å². The van der Waals surface area contributed by atoms with Crippen molar-refractivity contribution in [1.29, 1.82) is 0 Å². The van der Waals surface area contributed by atoms with Crippen LogP contribution in [0.5, 0.6) is 5.75 Å². The van der Waals surface area contributed by atoms with Crippen LogP contribution in [-0.2, 0) is 0 Å². The molecule has 5 nitrogen and oxygen atoms in total. The zero-order valence-electron chi connectivity index (χ0n) is 15.0. The van der Waals surface area contributed by atoms with Gasteiger partial charge in [0.05, 0.1) is 30.2 Å². The highest BCUT2D eigenvalue weighted by Crippen LogP contribution is 2.28. The maximum Gasteiger partial charge on any atom is 0.258 e. The molecule has 0 bridgehead atoms. The summed E-state index contributed by atoms with van der Waals surface area (Å²) >= 11 is 0. The van der Waals surface area contributed by atoms with Gasteiger partial charge in [-0.3, -0.25) is 4.79 Å². The van der Waals surface area contributed by atoms with Gasteiger partial charge in [-0.2, -0.15) is 0 Å². The summed E-state index contributed by atoms with van der Waals surface area (Å²) in [6.07, 6.45) is 1.35. The number of pyridine rings is 1. The molecule has 1 aromatic heterocycles. The van der Waals surface area contributed by atoms with E-state index < -0.39 is 28.9 Å². The van der Waals surface area contributed by atoms with Crippen LogP contribution < -0.4 is 15.4 Å². The fourth-order valence-corrected chi connectivity index (χ4v) is 2.50. The van der Waals surface area contributed by atoms with E-state index in [1.807, 2.05) is 25.1 Å². The Bertz CT molecular complexity index is 1020. The molecule has 0 aliphatic carbocycles. The van der Waals surface area contributed by atoms with Gasteiger partial charge in [-0.25, -0.2) is 18.2 Å². The molecule has 3 rings (SSSR count). The first kappa shape index (κ1) is 19.2. The van der Waals surface area contributed by atoms with Gasteiger partial charge in [0.25, 0.3) is 5.91 Å². The van der Waals surface area contributed by atoms with Gasteiger partial charge in [-0.05, 0) is 48.9 Å². The van der Waals surface area contributed by atoms with Gasteiger partial charge in [-0.1, -0.05) is 6.07 Å². The zero-order chi connectivity index (χ0) is 20.3. The number of carbonyl (C=O) groups is 1. The van der Waals surface area contributed by atoms with Crippen LogP contribution in [-0.4, -0.2) is 18.0 Å². The number of anilines is 3. The molecule has 3 aromatic rings. The molecule has 0 aliphatic rings. The maximum atomic E-state index is 13.7. The molecule has 2 N–H and O–H groups in total. The first-order valence-corrected chi connectivity index (χ1v) is 8.21. The molecule has 144 valence electrons. The number of carbonyl (C=O) groups excluding carboxylic acids is 1. The maximum absolute atomic E-state index is 13.7. The van der Waals surface area contributed by atoms with Crippen LogP contribution in [0, 0.1) is 24.4 Å². The second-order valence-corrected chi connectivity index (χ2v) is 5.94. The van der Waals surface area contributed by atoms with E-state index in [2.05, 4.69) is 15.6 Å². The number of benzene rings is 2. The van der Waals surface area contributed by atoms with Gasteiger partial charge in [-0.15, -0.1) is 0 Å². The van der Waals surface area contributed by atoms with Crippen molar-refractivity contribution in [3.05, 3.63) is 77.2 Å². The van der Waals surface area contributed by atoms with Gasteiger partial charge in [0.1, 0.15) is 11.6 Å². The number of rotatable bonds is 5. The number of ether oxygens (including phenoxy) is 1. The summed E-state index contributed by atoms with van der Waals surface area (Å²) in [6, 6.07) is 10.3. The van der Waals surface area contributed by atoms with E-state index in [4.69, 9.17) is 4.74 Å². The van der Waals surface area contributed by atoms with Crippen molar-refractivity contribution in [2.45, 2.75) is 6.92 Å². The van der Waals surface area contributed by atoms with Crippen molar-refractivity contribution < 1.29 is 22.7 Å². The minimum absolute atomic E-state index is 0.260. The molecule has 0 radical (unpaired) electrons. The van der Waals surface area contributed by atoms with Crippen molar-refractivity contribution in [3.63, 3.8) is 0 Å². The lowest BCUT2D eigenvalue weighted by Gasteiger charge is -2.12. The average Bonchev–Trinajstić information content (AvgIpc) is 2.68. The standard InChI is InChI=1S/C20H16F3N3O2/c1-11-3-7-16(28-2)15(9-11)26-17-8-4-12(10-24-17)25-20(27)13-5-6-14(21)19(23)18(13)22/h3-10H,1-2H3,(H,24,26)(H,25,27). The molecule has 0 fully saturated rings. The van der Waals surface area contributed by atoms with Crippen LogP contribution in [0.1, 0.15) is 15.9 Å². The Kier molecular flexibility index (Phi) is 5.49. The summed E-state index contributed by atoms with van der Waals surface area (Å²) in [7, 11) is 1.55. The highest BCUT2D eigenvalue weighted by atomic mass is 19.2. The summed E-state index contributed by atoms with van der Waals surface area (Å²) in [5.41, 5.74) is 1.40. The Labute approximate surface area is 159 Å². The SMILES string of the molecule is COc1ccc(C)cc1Nc1ccc(NC(=O)c2ccc(F)c(F)c2F)cn1. The normalized spacial score (nSPS) is 10.5. The Balaban J connectivity index is 1.74. The topological polar surface area (TPSA) is 63.2 Å².